The van der Waals surface area contributed by atoms with Crippen LogP contribution in [0.25, 0.3) is 0 Å². The fourth-order valence-electron chi connectivity index (χ4n) is 3.17. The first-order valence-electron chi connectivity index (χ1n) is 11.6. The zero-order chi connectivity index (χ0) is 25.5. The smallest absolute Gasteiger partial charge is 0.407 e. The maximum Gasteiger partial charge on any atom is 0.407 e. The van der Waals surface area contributed by atoms with Gasteiger partial charge in [0.15, 0.2) is 16.6 Å². The summed E-state index contributed by atoms with van der Waals surface area (Å²) in [6.07, 6.45) is -1.52. The van der Waals surface area contributed by atoms with E-state index in [1.807, 2.05) is 0 Å². The predicted molar refractivity (Wildman–Crippen MR) is 133 cm³/mol. The molecular formula is C23H47NO6Si2. The topological polar surface area (TPSA) is 94.1 Å². The van der Waals surface area contributed by atoms with E-state index in [0.29, 0.717) is 0 Å². The van der Waals surface area contributed by atoms with Crippen molar-refractivity contribution in [3.05, 3.63) is 0 Å². The fraction of sp³-hybridized carbons (Fsp3) is 0.913. The van der Waals surface area contributed by atoms with Gasteiger partial charge in [0, 0.05) is 0 Å². The van der Waals surface area contributed by atoms with E-state index >= 15 is 0 Å². The molecule has 7 nitrogen and oxygen atoms in total. The number of carboxylic acid groups (broad SMARTS) is 1. The first-order valence-corrected chi connectivity index (χ1v) is 17.4. The molecule has 0 saturated heterocycles. The molecule has 0 bridgehead atoms. The van der Waals surface area contributed by atoms with Crippen LogP contribution in [0.3, 0.4) is 0 Å². The van der Waals surface area contributed by atoms with Crippen molar-refractivity contribution in [2.75, 3.05) is 0 Å². The lowest BCUT2D eigenvalue weighted by atomic mass is 10.1. The first-order chi connectivity index (χ1) is 14.0. The molecule has 0 radical (unpaired) electrons. The van der Waals surface area contributed by atoms with Crippen molar-refractivity contribution in [1.29, 1.82) is 0 Å². The third kappa shape index (κ3) is 7.30. The lowest BCUT2D eigenvalue weighted by Crippen LogP contribution is -2.56. The number of nitrogens with one attached hydrogen (secondary N) is 1. The maximum absolute atomic E-state index is 12.6. The van der Waals surface area contributed by atoms with E-state index in [1.165, 1.54) is 0 Å². The van der Waals surface area contributed by atoms with Gasteiger partial charge in [-0.05, 0) is 63.5 Å². The molecule has 2 N–H and O–H groups in total. The molecular weight excluding hydrogens is 442 g/mol. The standard InChI is InChI=1S/C23H47NO6Si2/c1-21(2,3)28-20(27)24-16-14-15(19(25)26)17(29-31(10,11)22(4,5)6)18(16)30-32(12,13)23(7,8)9/h15-18H,14H2,1-13H3,(H,24,27)(H,25,26)/t15-,16+,17-,18-/m0/s1. The average molecular weight is 490 g/mol. The average Bonchev–Trinajstić information content (AvgIpc) is 2.80. The van der Waals surface area contributed by atoms with Gasteiger partial charge < -0.3 is 24.0 Å². The highest BCUT2D eigenvalue weighted by Gasteiger charge is 2.55. The molecule has 0 unspecified atom stereocenters. The van der Waals surface area contributed by atoms with Gasteiger partial charge in [0.25, 0.3) is 0 Å². The molecule has 1 aliphatic rings. The van der Waals surface area contributed by atoms with Crippen molar-refractivity contribution >= 4 is 28.7 Å². The highest BCUT2D eigenvalue weighted by atomic mass is 28.4. The van der Waals surface area contributed by atoms with Gasteiger partial charge in [-0.3, -0.25) is 4.79 Å². The maximum atomic E-state index is 12.6. The Kier molecular flexibility index (Phi) is 8.54. The predicted octanol–water partition coefficient (Wildman–Crippen LogP) is 5.77. The minimum absolute atomic E-state index is 0.0771. The van der Waals surface area contributed by atoms with Gasteiger partial charge in [-0.1, -0.05) is 41.5 Å². The molecule has 1 amide bonds. The van der Waals surface area contributed by atoms with Crippen LogP contribution in [0.1, 0.15) is 68.7 Å². The number of alkyl carbamates (subject to hydrolysis) is 1. The summed E-state index contributed by atoms with van der Waals surface area (Å²) in [5, 5.41) is 12.8. The Labute approximate surface area is 197 Å². The molecule has 1 saturated carbocycles. The number of aliphatic carboxylic acids is 1. The van der Waals surface area contributed by atoms with E-state index in [1.54, 1.807) is 20.8 Å². The Bertz CT molecular complexity index is 688. The molecule has 0 aromatic heterocycles. The molecule has 0 aromatic rings. The van der Waals surface area contributed by atoms with Crippen LogP contribution in [0.15, 0.2) is 0 Å². The normalized spacial score (nSPS) is 25.5. The summed E-state index contributed by atoms with van der Waals surface area (Å²) in [5.74, 6) is -1.69. The summed E-state index contributed by atoms with van der Waals surface area (Å²) in [6, 6.07) is -0.505. The van der Waals surface area contributed by atoms with Crippen molar-refractivity contribution in [1.82, 2.24) is 5.32 Å². The Morgan fingerprint density at radius 2 is 1.22 bits per heavy atom. The van der Waals surface area contributed by atoms with Crippen LogP contribution in [0.4, 0.5) is 4.79 Å². The van der Waals surface area contributed by atoms with Gasteiger partial charge in [0.2, 0.25) is 0 Å². The van der Waals surface area contributed by atoms with Gasteiger partial charge in [-0.25, -0.2) is 4.79 Å². The minimum Gasteiger partial charge on any atom is -0.481 e. The van der Waals surface area contributed by atoms with E-state index in [0.717, 1.165) is 0 Å². The summed E-state index contributed by atoms with van der Waals surface area (Å²) < 4.78 is 18.9. The van der Waals surface area contributed by atoms with Crippen LogP contribution in [0, 0.1) is 5.92 Å². The number of ether oxygens (including phenoxy) is 1. The highest BCUT2D eigenvalue weighted by molar-refractivity contribution is 6.74. The van der Waals surface area contributed by atoms with Gasteiger partial charge in [0.1, 0.15) is 5.60 Å². The second kappa shape index (κ2) is 9.39. The number of hydrogen-bond donors (Lipinski definition) is 2. The van der Waals surface area contributed by atoms with Crippen molar-refractivity contribution in [2.24, 2.45) is 5.92 Å². The molecule has 188 valence electrons. The van der Waals surface area contributed by atoms with Crippen molar-refractivity contribution in [3.8, 4) is 0 Å². The van der Waals surface area contributed by atoms with Crippen LogP contribution >= 0.6 is 0 Å². The van der Waals surface area contributed by atoms with Crippen LogP contribution in [0.5, 0.6) is 0 Å². The SMILES string of the molecule is CC(C)(C)OC(=O)N[C@@H]1C[C@H](C(=O)O)[C@H](O[Si](C)(C)C(C)(C)C)[C@H]1O[Si](C)(C)C(C)(C)C. The summed E-state index contributed by atoms with van der Waals surface area (Å²) >= 11 is 0. The zero-order valence-electron chi connectivity index (χ0n) is 22.5. The van der Waals surface area contributed by atoms with Crippen molar-refractivity contribution in [2.45, 2.75) is 129 Å². The van der Waals surface area contributed by atoms with Crippen molar-refractivity contribution < 1.29 is 28.3 Å². The van der Waals surface area contributed by atoms with E-state index < -0.39 is 58.5 Å². The van der Waals surface area contributed by atoms with Crippen molar-refractivity contribution in [3.63, 3.8) is 0 Å². The molecule has 0 aliphatic heterocycles. The Morgan fingerprint density at radius 3 is 1.56 bits per heavy atom. The zero-order valence-corrected chi connectivity index (χ0v) is 24.5. The number of hydrogen-bond acceptors (Lipinski definition) is 5. The molecule has 32 heavy (non-hydrogen) atoms. The van der Waals surface area contributed by atoms with Crippen LogP contribution in [-0.2, 0) is 18.4 Å². The number of carboxylic acids is 1. The van der Waals surface area contributed by atoms with E-state index in [4.69, 9.17) is 13.6 Å². The van der Waals surface area contributed by atoms with E-state index in [2.05, 4.69) is 73.0 Å². The second-order valence-corrected chi connectivity index (χ2v) is 22.6. The number of amides is 1. The Hall–Kier alpha value is -0.906. The summed E-state index contributed by atoms with van der Waals surface area (Å²) in [4.78, 5) is 24.9. The molecule has 0 aromatic carbocycles. The van der Waals surface area contributed by atoms with E-state index in [9.17, 15) is 14.7 Å². The molecule has 1 fully saturated rings. The van der Waals surface area contributed by atoms with Gasteiger partial charge in [-0.2, -0.15) is 0 Å². The van der Waals surface area contributed by atoms with Gasteiger partial charge >= 0.3 is 12.1 Å². The lowest BCUT2D eigenvalue weighted by molar-refractivity contribution is -0.145. The molecule has 0 spiro atoms. The van der Waals surface area contributed by atoms with Gasteiger partial charge in [0.05, 0.1) is 24.2 Å². The molecule has 1 aliphatic carbocycles. The van der Waals surface area contributed by atoms with E-state index in [-0.39, 0.29) is 16.5 Å². The summed E-state index contributed by atoms with van der Waals surface area (Å²) in [7, 11) is -4.59. The highest BCUT2D eigenvalue weighted by Crippen LogP contribution is 2.45. The summed E-state index contributed by atoms with van der Waals surface area (Å²) in [6.45, 7) is 26.7. The van der Waals surface area contributed by atoms with Crippen LogP contribution in [-0.4, -0.2) is 57.7 Å². The number of carbonyl (C=O) groups is 2. The van der Waals surface area contributed by atoms with Crippen LogP contribution in [0.2, 0.25) is 36.3 Å². The monoisotopic (exact) mass is 489 g/mol. The minimum atomic E-state index is -2.30. The van der Waals surface area contributed by atoms with Crippen LogP contribution < -0.4 is 5.32 Å². The first kappa shape index (κ1) is 29.1. The molecule has 1 rings (SSSR count). The largest absolute Gasteiger partial charge is 0.481 e. The second-order valence-electron chi connectivity index (χ2n) is 13.1. The van der Waals surface area contributed by atoms with Gasteiger partial charge in [-0.15, -0.1) is 0 Å². The quantitative estimate of drug-likeness (QED) is 0.460. The third-order valence-corrected chi connectivity index (χ3v) is 16.1. The number of rotatable bonds is 6. The summed E-state index contributed by atoms with van der Waals surface area (Å²) in [5.41, 5.74) is -0.651. The lowest BCUT2D eigenvalue weighted by Gasteiger charge is -2.44. The Balaban J connectivity index is 3.39. The molecule has 4 atom stereocenters. The number of carbonyl (C=O) groups excluding carboxylic acids is 1. The Morgan fingerprint density at radius 1 is 0.812 bits per heavy atom. The molecule has 0 heterocycles. The third-order valence-electron chi connectivity index (χ3n) is 7.12. The fourth-order valence-corrected chi connectivity index (χ4v) is 5.84. The molecule has 9 heteroatoms.